The number of aromatic nitrogens is 1. The first-order chi connectivity index (χ1) is 13.6. The average Bonchev–Trinajstić information content (AvgIpc) is 3.48. The van der Waals surface area contributed by atoms with Crippen molar-refractivity contribution in [2.75, 3.05) is 31.2 Å². The number of ether oxygens (including phenoxy) is 2. The van der Waals surface area contributed by atoms with Crippen LogP contribution in [0.2, 0.25) is 0 Å². The van der Waals surface area contributed by atoms with Gasteiger partial charge in [-0.2, -0.15) is 4.98 Å². The first kappa shape index (κ1) is 17.6. The van der Waals surface area contributed by atoms with E-state index in [-0.39, 0.29) is 9.92 Å². The highest BCUT2D eigenvalue weighted by molar-refractivity contribution is 7.91. The van der Waals surface area contributed by atoms with Gasteiger partial charge in [-0.15, -0.1) is 11.3 Å². The SMILES string of the molecule is O=S(=O)(c1ccc2c(c1)OCCO2)c1nc(-c2cccs2)oc1N1CCCC1. The Kier molecular flexibility index (Phi) is 4.28. The second-order valence-corrected chi connectivity index (χ2v) is 9.42. The quantitative estimate of drug-likeness (QED) is 0.640. The van der Waals surface area contributed by atoms with Crippen molar-refractivity contribution in [1.29, 1.82) is 0 Å². The predicted octanol–water partition coefficient (Wildman–Crippen LogP) is 3.61. The summed E-state index contributed by atoms with van der Waals surface area (Å²) >= 11 is 1.46. The summed E-state index contributed by atoms with van der Waals surface area (Å²) in [6.45, 7) is 2.35. The highest BCUT2D eigenvalue weighted by Crippen LogP contribution is 2.39. The van der Waals surface area contributed by atoms with Gasteiger partial charge in [0.1, 0.15) is 13.2 Å². The summed E-state index contributed by atoms with van der Waals surface area (Å²) in [6, 6.07) is 8.39. The largest absolute Gasteiger partial charge is 0.486 e. The molecule has 0 amide bonds. The lowest BCUT2D eigenvalue weighted by Gasteiger charge is -2.19. The number of oxazole rings is 1. The first-order valence-electron chi connectivity index (χ1n) is 9.07. The molecule has 5 rings (SSSR count). The van der Waals surface area contributed by atoms with Gasteiger partial charge in [0.15, 0.2) is 11.5 Å². The Balaban J connectivity index is 1.62. The van der Waals surface area contributed by atoms with Crippen LogP contribution in [0.3, 0.4) is 0 Å². The van der Waals surface area contributed by atoms with E-state index in [2.05, 4.69) is 4.98 Å². The molecule has 0 bridgehead atoms. The molecule has 1 aromatic carbocycles. The van der Waals surface area contributed by atoms with Gasteiger partial charge < -0.3 is 18.8 Å². The highest BCUT2D eigenvalue weighted by Gasteiger charge is 2.33. The van der Waals surface area contributed by atoms with Crippen LogP contribution in [0.5, 0.6) is 11.5 Å². The molecule has 0 atom stereocenters. The Bertz CT molecular complexity index is 1100. The fraction of sp³-hybridized carbons (Fsp3) is 0.316. The molecular weight excluding hydrogens is 400 g/mol. The van der Waals surface area contributed by atoms with Crippen molar-refractivity contribution >= 4 is 27.1 Å². The van der Waals surface area contributed by atoms with E-state index in [1.807, 2.05) is 22.4 Å². The molecule has 0 aliphatic carbocycles. The number of nitrogens with zero attached hydrogens (tertiary/aromatic N) is 2. The van der Waals surface area contributed by atoms with Crippen molar-refractivity contribution in [3.05, 3.63) is 35.7 Å². The average molecular weight is 418 g/mol. The fourth-order valence-corrected chi connectivity index (χ4v) is 5.39. The van der Waals surface area contributed by atoms with Gasteiger partial charge in [-0.1, -0.05) is 6.07 Å². The van der Waals surface area contributed by atoms with Crippen LogP contribution in [0.1, 0.15) is 12.8 Å². The monoisotopic (exact) mass is 418 g/mol. The maximum absolute atomic E-state index is 13.4. The van der Waals surface area contributed by atoms with Crippen molar-refractivity contribution < 1.29 is 22.3 Å². The third-order valence-corrected chi connectivity index (χ3v) is 7.29. The molecule has 4 heterocycles. The molecule has 3 aromatic rings. The minimum atomic E-state index is -3.89. The number of fused-ring (bicyclic) bond motifs is 1. The summed E-state index contributed by atoms with van der Waals surface area (Å²) in [5.74, 6) is 1.62. The van der Waals surface area contributed by atoms with Gasteiger partial charge >= 0.3 is 0 Å². The van der Waals surface area contributed by atoms with Crippen LogP contribution in [0.25, 0.3) is 10.8 Å². The van der Waals surface area contributed by atoms with E-state index in [1.165, 1.54) is 23.5 Å². The van der Waals surface area contributed by atoms with Crippen LogP contribution >= 0.6 is 11.3 Å². The molecule has 28 heavy (non-hydrogen) atoms. The third-order valence-electron chi connectivity index (χ3n) is 4.78. The molecule has 9 heteroatoms. The van der Waals surface area contributed by atoms with E-state index in [1.54, 1.807) is 6.07 Å². The predicted molar refractivity (Wildman–Crippen MR) is 104 cm³/mol. The number of thiophene rings is 1. The maximum atomic E-state index is 13.4. The Hall–Kier alpha value is -2.52. The molecule has 0 spiro atoms. The van der Waals surface area contributed by atoms with Crippen LogP contribution in [0, 0.1) is 0 Å². The summed E-state index contributed by atoms with van der Waals surface area (Å²) in [7, 11) is -3.89. The topological polar surface area (TPSA) is 81.9 Å². The van der Waals surface area contributed by atoms with Gasteiger partial charge in [0.05, 0.1) is 9.77 Å². The second kappa shape index (κ2) is 6.82. The van der Waals surface area contributed by atoms with Crippen molar-refractivity contribution in [2.24, 2.45) is 0 Å². The molecule has 0 radical (unpaired) electrons. The zero-order valence-corrected chi connectivity index (χ0v) is 16.6. The Labute approximate surface area is 166 Å². The van der Waals surface area contributed by atoms with Crippen LogP contribution in [-0.2, 0) is 9.84 Å². The number of hydrogen-bond donors (Lipinski definition) is 0. The summed E-state index contributed by atoms with van der Waals surface area (Å²) < 4.78 is 43.9. The van der Waals surface area contributed by atoms with Crippen LogP contribution < -0.4 is 14.4 Å². The molecule has 2 aromatic heterocycles. The minimum Gasteiger partial charge on any atom is -0.486 e. The van der Waals surface area contributed by atoms with Crippen molar-refractivity contribution in [1.82, 2.24) is 4.98 Å². The zero-order valence-electron chi connectivity index (χ0n) is 15.0. The summed E-state index contributed by atoms with van der Waals surface area (Å²) in [5, 5.41) is 1.86. The molecule has 1 saturated heterocycles. The molecule has 0 unspecified atom stereocenters. The van der Waals surface area contributed by atoms with E-state index in [4.69, 9.17) is 13.9 Å². The van der Waals surface area contributed by atoms with Crippen molar-refractivity contribution in [3.8, 4) is 22.3 Å². The number of rotatable bonds is 4. The summed E-state index contributed by atoms with van der Waals surface area (Å²) in [5.41, 5.74) is 0. The van der Waals surface area contributed by atoms with Gasteiger partial charge in [-0.25, -0.2) is 8.42 Å². The summed E-state index contributed by atoms with van der Waals surface area (Å²) in [4.78, 5) is 7.26. The van der Waals surface area contributed by atoms with Crippen molar-refractivity contribution in [2.45, 2.75) is 22.8 Å². The van der Waals surface area contributed by atoms with Crippen molar-refractivity contribution in [3.63, 3.8) is 0 Å². The Morgan fingerprint density at radius 1 is 1.04 bits per heavy atom. The number of benzene rings is 1. The lowest BCUT2D eigenvalue weighted by Crippen LogP contribution is -2.20. The molecule has 7 nitrogen and oxygen atoms in total. The molecule has 0 N–H and O–H groups in total. The zero-order chi connectivity index (χ0) is 19.1. The Morgan fingerprint density at radius 3 is 2.57 bits per heavy atom. The van der Waals surface area contributed by atoms with Gasteiger partial charge in [0.2, 0.25) is 26.6 Å². The van der Waals surface area contributed by atoms with E-state index in [0.29, 0.717) is 36.5 Å². The van der Waals surface area contributed by atoms with Crippen LogP contribution in [0.15, 0.2) is 50.1 Å². The molecular formula is C19H18N2O5S2. The molecule has 1 fully saturated rings. The molecule has 2 aliphatic rings. The number of hydrogen-bond acceptors (Lipinski definition) is 8. The lowest BCUT2D eigenvalue weighted by molar-refractivity contribution is 0.171. The molecule has 146 valence electrons. The normalized spacial score (nSPS) is 16.5. The van der Waals surface area contributed by atoms with E-state index >= 15 is 0 Å². The van der Waals surface area contributed by atoms with Crippen LogP contribution in [-0.4, -0.2) is 39.7 Å². The fourth-order valence-electron chi connectivity index (χ4n) is 3.40. The van der Waals surface area contributed by atoms with Crippen LogP contribution in [0.4, 0.5) is 5.88 Å². The van der Waals surface area contributed by atoms with Gasteiger partial charge in [-0.3, -0.25) is 0 Å². The maximum Gasteiger partial charge on any atom is 0.240 e. The smallest absolute Gasteiger partial charge is 0.240 e. The third kappa shape index (κ3) is 2.94. The minimum absolute atomic E-state index is 0.0468. The summed E-state index contributed by atoms with van der Waals surface area (Å²) in [6.07, 6.45) is 2.00. The standard InChI is InChI=1S/C19H18N2O5S2/c22-28(23,13-5-6-14-15(12-13)25-10-9-24-14)18-19(21-7-1-2-8-21)26-17(20-18)16-4-3-11-27-16/h3-6,11-12H,1-2,7-10H2. The van der Waals surface area contributed by atoms with E-state index in [9.17, 15) is 8.42 Å². The van der Waals surface area contributed by atoms with E-state index < -0.39 is 9.84 Å². The van der Waals surface area contributed by atoms with Gasteiger partial charge in [0.25, 0.3) is 0 Å². The number of sulfone groups is 1. The first-order valence-corrected chi connectivity index (χ1v) is 11.4. The lowest BCUT2D eigenvalue weighted by atomic mass is 10.3. The van der Waals surface area contributed by atoms with Gasteiger partial charge in [0, 0.05) is 19.2 Å². The highest BCUT2D eigenvalue weighted by atomic mass is 32.2. The van der Waals surface area contributed by atoms with E-state index in [0.717, 1.165) is 30.8 Å². The van der Waals surface area contributed by atoms with Gasteiger partial charge in [-0.05, 0) is 36.4 Å². The molecule has 0 saturated carbocycles. The number of anilines is 1. The Morgan fingerprint density at radius 2 is 1.82 bits per heavy atom. The second-order valence-electron chi connectivity index (χ2n) is 6.61. The molecule has 2 aliphatic heterocycles.